The maximum absolute atomic E-state index is 12.5. The maximum atomic E-state index is 12.5. The van der Waals surface area contributed by atoms with E-state index in [0.717, 1.165) is 37.5 Å². The van der Waals surface area contributed by atoms with Crippen LogP contribution in [-0.4, -0.2) is 11.4 Å². The number of aryl methyl sites for hydroxylation is 1. The highest BCUT2D eigenvalue weighted by molar-refractivity contribution is 9.11. The zero-order valence-corrected chi connectivity index (χ0v) is 14.0. The zero-order valence-electron chi connectivity index (χ0n) is 11.6. The third-order valence-electron chi connectivity index (χ3n) is 3.41. The Morgan fingerprint density at radius 1 is 1.35 bits per heavy atom. The molecule has 1 aromatic carbocycles. The molecule has 0 N–H and O–H groups in total. The van der Waals surface area contributed by atoms with Crippen molar-refractivity contribution in [3.63, 3.8) is 0 Å². The van der Waals surface area contributed by atoms with Gasteiger partial charge in [-0.3, -0.25) is 4.79 Å². The minimum absolute atomic E-state index is 0.0799. The number of carbonyl (C=O) groups excluding carboxylic acids is 1. The van der Waals surface area contributed by atoms with Crippen molar-refractivity contribution < 1.29 is 9.53 Å². The summed E-state index contributed by atoms with van der Waals surface area (Å²) in [6.07, 6.45) is 0.844. The lowest BCUT2D eigenvalue weighted by Gasteiger charge is -2.16. The second-order valence-corrected chi connectivity index (χ2v) is 8.13. The average Bonchev–Trinajstić information content (AvgIpc) is 2.86. The lowest BCUT2D eigenvalue weighted by atomic mass is 9.99. The first-order valence-electron chi connectivity index (χ1n) is 6.48. The van der Waals surface area contributed by atoms with E-state index in [1.807, 2.05) is 31.2 Å². The molecule has 1 aromatic heterocycles. The van der Waals surface area contributed by atoms with Gasteiger partial charge in [0.2, 0.25) is 5.78 Å². The van der Waals surface area contributed by atoms with Gasteiger partial charge in [-0.2, -0.15) is 0 Å². The van der Waals surface area contributed by atoms with Crippen molar-refractivity contribution >= 4 is 33.0 Å². The minimum Gasteiger partial charge on any atom is -0.487 e. The summed E-state index contributed by atoms with van der Waals surface area (Å²) in [7, 11) is 0. The minimum atomic E-state index is -0.174. The standard InChI is InChI=1S/C16H15BrO2S/c1-9-6-13(20-15(9)17)14(18)10-4-5-12-11(7-10)8-16(2,3)19-12/h4-7H,8H2,1-3H3. The number of thiophene rings is 1. The molecule has 1 aliphatic heterocycles. The molecule has 2 heterocycles. The van der Waals surface area contributed by atoms with Gasteiger partial charge in [-0.15, -0.1) is 11.3 Å². The van der Waals surface area contributed by atoms with E-state index in [0.29, 0.717) is 0 Å². The third-order valence-corrected chi connectivity index (χ3v) is 5.54. The molecule has 0 bridgehead atoms. The monoisotopic (exact) mass is 350 g/mol. The van der Waals surface area contributed by atoms with E-state index in [2.05, 4.69) is 29.8 Å². The number of ketones is 1. The van der Waals surface area contributed by atoms with Crippen molar-refractivity contribution in [2.24, 2.45) is 0 Å². The van der Waals surface area contributed by atoms with Crippen molar-refractivity contribution in [2.75, 3.05) is 0 Å². The number of ether oxygens (including phenoxy) is 1. The summed E-state index contributed by atoms with van der Waals surface area (Å²) in [6.45, 7) is 6.12. The number of carbonyl (C=O) groups is 1. The summed E-state index contributed by atoms with van der Waals surface area (Å²) in [5, 5.41) is 0. The first kappa shape index (κ1) is 13.8. The van der Waals surface area contributed by atoms with Crippen LogP contribution in [0.15, 0.2) is 28.1 Å². The molecule has 2 aromatic rings. The Hall–Kier alpha value is -1.13. The molecule has 4 heteroatoms. The summed E-state index contributed by atoms with van der Waals surface area (Å²) < 4.78 is 6.86. The van der Waals surface area contributed by atoms with E-state index in [1.54, 1.807) is 0 Å². The Labute approximate surface area is 130 Å². The van der Waals surface area contributed by atoms with Gasteiger partial charge in [-0.25, -0.2) is 0 Å². The molecule has 0 spiro atoms. The van der Waals surface area contributed by atoms with E-state index in [4.69, 9.17) is 4.74 Å². The van der Waals surface area contributed by atoms with Crippen LogP contribution in [0.5, 0.6) is 5.75 Å². The van der Waals surface area contributed by atoms with Gasteiger partial charge in [-0.1, -0.05) is 0 Å². The SMILES string of the molecule is Cc1cc(C(=O)c2ccc3c(c2)CC(C)(C)O3)sc1Br. The van der Waals surface area contributed by atoms with Crippen LogP contribution < -0.4 is 4.74 Å². The van der Waals surface area contributed by atoms with Crippen LogP contribution in [0, 0.1) is 6.92 Å². The number of hydrogen-bond acceptors (Lipinski definition) is 3. The van der Waals surface area contributed by atoms with Crippen LogP contribution in [0.3, 0.4) is 0 Å². The molecule has 0 saturated heterocycles. The van der Waals surface area contributed by atoms with Gasteiger partial charge < -0.3 is 4.74 Å². The molecule has 0 amide bonds. The van der Waals surface area contributed by atoms with Gasteiger partial charge >= 0.3 is 0 Å². The molecule has 104 valence electrons. The summed E-state index contributed by atoms with van der Waals surface area (Å²) in [5.41, 5.74) is 2.78. The largest absolute Gasteiger partial charge is 0.487 e. The molecule has 3 rings (SSSR count). The predicted molar refractivity (Wildman–Crippen MR) is 85.0 cm³/mol. The molecular formula is C16H15BrO2S. The zero-order chi connectivity index (χ0) is 14.5. The van der Waals surface area contributed by atoms with Gasteiger partial charge in [0, 0.05) is 12.0 Å². The lowest BCUT2D eigenvalue weighted by molar-refractivity contribution is 0.104. The first-order valence-corrected chi connectivity index (χ1v) is 8.09. The fourth-order valence-electron chi connectivity index (χ4n) is 2.46. The predicted octanol–water partition coefficient (Wildman–Crippen LogP) is 4.76. The average molecular weight is 351 g/mol. The second kappa shape index (κ2) is 4.71. The molecule has 20 heavy (non-hydrogen) atoms. The van der Waals surface area contributed by atoms with E-state index < -0.39 is 0 Å². The summed E-state index contributed by atoms with van der Waals surface area (Å²) >= 11 is 4.95. The third kappa shape index (κ3) is 2.42. The summed E-state index contributed by atoms with van der Waals surface area (Å²) in [4.78, 5) is 13.3. The summed E-state index contributed by atoms with van der Waals surface area (Å²) in [6, 6.07) is 7.67. The van der Waals surface area contributed by atoms with E-state index in [9.17, 15) is 4.79 Å². The molecule has 2 nitrogen and oxygen atoms in total. The Morgan fingerprint density at radius 2 is 2.10 bits per heavy atom. The van der Waals surface area contributed by atoms with Gasteiger partial charge in [-0.05, 0) is 72.1 Å². The van der Waals surface area contributed by atoms with E-state index >= 15 is 0 Å². The molecule has 0 unspecified atom stereocenters. The first-order chi connectivity index (χ1) is 9.35. The topological polar surface area (TPSA) is 26.3 Å². The number of halogens is 1. The van der Waals surface area contributed by atoms with Crippen molar-refractivity contribution in [3.8, 4) is 5.75 Å². The smallest absolute Gasteiger partial charge is 0.203 e. The van der Waals surface area contributed by atoms with Crippen molar-refractivity contribution in [1.29, 1.82) is 0 Å². The number of hydrogen-bond donors (Lipinski definition) is 0. The van der Waals surface area contributed by atoms with Gasteiger partial charge in [0.15, 0.2) is 0 Å². The highest BCUT2D eigenvalue weighted by atomic mass is 79.9. The maximum Gasteiger partial charge on any atom is 0.203 e. The highest BCUT2D eigenvalue weighted by Crippen LogP contribution is 2.36. The molecule has 0 saturated carbocycles. The molecule has 0 atom stereocenters. The van der Waals surface area contributed by atoms with E-state index in [1.165, 1.54) is 11.3 Å². The number of benzene rings is 1. The highest BCUT2D eigenvalue weighted by Gasteiger charge is 2.30. The number of fused-ring (bicyclic) bond motifs is 1. The molecule has 0 aliphatic carbocycles. The fraction of sp³-hybridized carbons (Fsp3) is 0.312. The van der Waals surface area contributed by atoms with Crippen LogP contribution >= 0.6 is 27.3 Å². The van der Waals surface area contributed by atoms with Crippen LogP contribution in [0.4, 0.5) is 0 Å². The Balaban J connectivity index is 1.95. The lowest BCUT2D eigenvalue weighted by Crippen LogP contribution is -2.24. The van der Waals surface area contributed by atoms with Crippen LogP contribution in [-0.2, 0) is 6.42 Å². The van der Waals surface area contributed by atoms with Crippen LogP contribution in [0.2, 0.25) is 0 Å². The number of rotatable bonds is 2. The normalized spacial score (nSPS) is 15.8. The van der Waals surface area contributed by atoms with E-state index in [-0.39, 0.29) is 11.4 Å². The fourth-order valence-corrected chi connectivity index (χ4v) is 3.96. The van der Waals surface area contributed by atoms with Gasteiger partial charge in [0.1, 0.15) is 11.4 Å². The van der Waals surface area contributed by atoms with Crippen LogP contribution in [0.1, 0.15) is 40.2 Å². The Kier molecular flexibility index (Phi) is 3.26. The van der Waals surface area contributed by atoms with Gasteiger partial charge in [0.25, 0.3) is 0 Å². The van der Waals surface area contributed by atoms with Crippen LogP contribution in [0.25, 0.3) is 0 Å². The van der Waals surface area contributed by atoms with Crippen molar-refractivity contribution in [2.45, 2.75) is 32.8 Å². The molecule has 0 fully saturated rings. The van der Waals surface area contributed by atoms with Crippen molar-refractivity contribution in [3.05, 3.63) is 49.6 Å². The molecular weight excluding hydrogens is 336 g/mol. The molecule has 0 radical (unpaired) electrons. The van der Waals surface area contributed by atoms with Gasteiger partial charge in [0.05, 0.1) is 8.66 Å². The van der Waals surface area contributed by atoms with Crippen molar-refractivity contribution in [1.82, 2.24) is 0 Å². The Bertz CT molecular complexity index is 681. The Morgan fingerprint density at radius 3 is 2.75 bits per heavy atom. The quantitative estimate of drug-likeness (QED) is 0.729. The molecule has 1 aliphatic rings. The summed E-state index contributed by atoms with van der Waals surface area (Å²) in [5.74, 6) is 0.978. The second-order valence-electron chi connectivity index (χ2n) is 5.76.